The highest BCUT2D eigenvalue weighted by molar-refractivity contribution is 5.15. The predicted octanol–water partition coefficient (Wildman–Crippen LogP) is 2.62. The predicted molar refractivity (Wildman–Crippen MR) is 63.2 cm³/mol. The van der Waals surface area contributed by atoms with Gasteiger partial charge in [-0.05, 0) is 57.3 Å². The molecule has 0 aromatic carbocycles. The molecule has 2 aliphatic carbocycles. The molecule has 16 heavy (non-hydrogen) atoms. The molecule has 1 heterocycles. The van der Waals surface area contributed by atoms with Gasteiger partial charge in [0, 0.05) is 6.04 Å². The second-order valence-electron chi connectivity index (χ2n) is 5.79. The van der Waals surface area contributed by atoms with E-state index in [1.165, 1.54) is 30.7 Å². The maximum absolute atomic E-state index is 4.37. The molecule has 1 fully saturated rings. The first-order chi connectivity index (χ1) is 7.68. The molecule has 3 nitrogen and oxygen atoms in total. The van der Waals surface area contributed by atoms with Gasteiger partial charge in [0.05, 0.1) is 11.4 Å². The van der Waals surface area contributed by atoms with Crippen LogP contribution in [0, 0.1) is 17.8 Å². The number of aromatic nitrogens is 3. The van der Waals surface area contributed by atoms with Crippen molar-refractivity contribution in [3.63, 3.8) is 0 Å². The van der Waals surface area contributed by atoms with E-state index in [1.54, 1.807) is 0 Å². The van der Waals surface area contributed by atoms with Gasteiger partial charge in [-0.25, -0.2) is 4.68 Å². The van der Waals surface area contributed by atoms with Gasteiger partial charge >= 0.3 is 0 Å². The van der Waals surface area contributed by atoms with E-state index >= 15 is 0 Å². The minimum atomic E-state index is 0.447. The number of aryl methyl sites for hydroxylation is 1. The molecule has 1 saturated carbocycles. The van der Waals surface area contributed by atoms with Crippen LogP contribution in [-0.2, 0) is 12.8 Å². The van der Waals surface area contributed by atoms with E-state index in [2.05, 4.69) is 35.8 Å². The second kappa shape index (κ2) is 3.57. The van der Waals surface area contributed by atoms with Crippen molar-refractivity contribution in [1.82, 2.24) is 15.0 Å². The highest BCUT2D eigenvalue weighted by atomic mass is 15.4. The molecule has 0 amide bonds. The maximum Gasteiger partial charge on any atom is 0.0859 e. The number of hydrogen-bond donors (Lipinski definition) is 0. The van der Waals surface area contributed by atoms with Gasteiger partial charge in [-0.3, -0.25) is 0 Å². The Hall–Kier alpha value is -0.860. The Morgan fingerprint density at radius 1 is 1.19 bits per heavy atom. The third-order valence-electron chi connectivity index (χ3n) is 4.55. The zero-order valence-electron chi connectivity index (χ0n) is 10.5. The summed E-state index contributed by atoms with van der Waals surface area (Å²) < 4.78 is 2.13. The topological polar surface area (TPSA) is 30.7 Å². The Kier molecular flexibility index (Phi) is 2.30. The minimum Gasteiger partial charge on any atom is -0.247 e. The summed E-state index contributed by atoms with van der Waals surface area (Å²) in [6, 6.07) is 0.447. The molecule has 0 spiro atoms. The molecule has 1 aromatic heterocycles. The summed E-state index contributed by atoms with van der Waals surface area (Å²) >= 11 is 0. The molecule has 1 aromatic rings. The first-order valence-corrected chi connectivity index (χ1v) is 6.61. The molecule has 3 heteroatoms. The average Bonchev–Trinajstić information content (AvgIpc) is 2.67. The van der Waals surface area contributed by atoms with Crippen LogP contribution in [0.15, 0.2) is 0 Å². The molecule has 0 N–H and O–H groups in total. The Balaban J connectivity index is 1.87. The summed E-state index contributed by atoms with van der Waals surface area (Å²) in [6.45, 7) is 6.79. The van der Waals surface area contributed by atoms with Crippen LogP contribution in [0.5, 0.6) is 0 Å². The van der Waals surface area contributed by atoms with Gasteiger partial charge in [0.25, 0.3) is 0 Å². The maximum atomic E-state index is 4.37. The number of hydrogen-bond acceptors (Lipinski definition) is 2. The summed E-state index contributed by atoms with van der Waals surface area (Å²) in [5.74, 6) is 2.94. The van der Waals surface area contributed by atoms with Crippen LogP contribution in [0.25, 0.3) is 0 Å². The van der Waals surface area contributed by atoms with Crippen LogP contribution in [0.4, 0.5) is 0 Å². The van der Waals surface area contributed by atoms with Crippen LogP contribution < -0.4 is 0 Å². The van der Waals surface area contributed by atoms with E-state index < -0.39 is 0 Å². The summed E-state index contributed by atoms with van der Waals surface area (Å²) in [7, 11) is 0. The van der Waals surface area contributed by atoms with Crippen molar-refractivity contribution in [2.45, 2.75) is 52.5 Å². The quantitative estimate of drug-likeness (QED) is 0.727. The van der Waals surface area contributed by atoms with Gasteiger partial charge in [0.2, 0.25) is 0 Å². The average molecular weight is 219 g/mol. The van der Waals surface area contributed by atoms with Crippen molar-refractivity contribution < 1.29 is 0 Å². The fraction of sp³-hybridized carbons (Fsp3) is 0.846. The Morgan fingerprint density at radius 3 is 2.56 bits per heavy atom. The third-order valence-corrected chi connectivity index (χ3v) is 4.55. The SMILES string of the molecule is CC1C2CCc3c(nnn3C(C)C)CC[C@H]12. The lowest BCUT2D eigenvalue weighted by atomic mass is 10.0. The first-order valence-electron chi connectivity index (χ1n) is 6.61. The fourth-order valence-electron chi connectivity index (χ4n) is 3.41. The van der Waals surface area contributed by atoms with Gasteiger partial charge in [0.1, 0.15) is 0 Å². The summed E-state index contributed by atoms with van der Waals surface area (Å²) in [5.41, 5.74) is 2.68. The number of rotatable bonds is 1. The molecule has 0 bridgehead atoms. The van der Waals surface area contributed by atoms with E-state index in [9.17, 15) is 0 Å². The fourth-order valence-corrected chi connectivity index (χ4v) is 3.41. The van der Waals surface area contributed by atoms with Crippen molar-refractivity contribution >= 4 is 0 Å². The van der Waals surface area contributed by atoms with Crippen molar-refractivity contribution in [2.24, 2.45) is 17.8 Å². The lowest BCUT2D eigenvalue weighted by Crippen LogP contribution is -2.10. The second-order valence-corrected chi connectivity index (χ2v) is 5.79. The van der Waals surface area contributed by atoms with Crippen LogP contribution >= 0.6 is 0 Å². The molecule has 0 radical (unpaired) electrons. The van der Waals surface area contributed by atoms with Gasteiger partial charge in [-0.15, -0.1) is 5.10 Å². The highest BCUT2D eigenvalue weighted by Crippen LogP contribution is 2.52. The zero-order chi connectivity index (χ0) is 11.3. The van der Waals surface area contributed by atoms with Crippen molar-refractivity contribution in [3.8, 4) is 0 Å². The standard InChI is InChI=1S/C13H21N3/c1-8(2)16-13-7-5-11-9(3)10(11)4-6-12(13)14-15-16/h8-11H,4-7H2,1-3H3/t9?,10-,11?/m1/s1. The Morgan fingerprint density at radius 2 is 1.88 bits per heavy atom. The van der Waals surface area contributed by atoms with Gasteiger partial charge in [-0.1, -0.05) is 12.1 Å². The molecular weight excluding hydrogens is 198 g/mol. The number of nitrogens with zero attached hydrogens (tertiary/aromatic N) is 3. The molecule has 88 valence electrons. The minimum absolute atomic E-state index is 0.447. The molecule has 3 atom stereocenters. The van der Waals surface area contributed by atoms with Gasteiger partial charge < -0.3 is 0 Å². The summed E-state index contributed by atoms with van der Waals surface area (Å²) in [6.07, 6.45) is 5.01. The highest BCUT2D eigenvalue weighted by Gasteiger charge is 2.46. The Labute approximate surface area is 97.2 Å². The van der Waals surface area contributed by atoms with Crippen molar-refractivity contribution in [1.29, 1.82) is 0 Å². The lowest BCUT2D eigenvalue weighted by Gasteiger charge is -2.12. The van der Waals surface area contributed by atoms with Gasteiger partial charge in [0.15, 0.2) is 0 Å². The van der Waals surface area contributed by atoms with E-state index in [0.717, 1.165) is 24.2 Å². The third kappa shape index (κ3) is 1.48. The van der Waals surface area contributed by atoms with E-state index in [1.807, 2.05) is 0 Å². The molecule has 3 rings (SSSR count). The zero-order valence-corrected chi connectivity index (χ0v) is 10.5. The van der Waals surface area contributed by atoms with Crippen LogP contribution in [-0.4, -0.2) is 15.0 Å². The lowest BCUT2D eigenvalue weighted by molar-refractivity contribution is 0.481. The van der Waals surface area contributed by atoms with Crippen LogP contribution in [0.3, 0.4) is 0 Å². The van der Waals surface area contributed by atoms with E-state index in [4.69, 9.17) is 0 Å². The normalized spacial score (nSPS) is 32.9. The number of fused-ring (bicyclic) bond motifs is 2. The largest absolute Gasteiger partial charge is 0.247 e. The molecule has 2 aliphatic rings. The molecule has 0 aliphatic heterocycles. The van der Waals surface area contributed by atoms with Gasteiger partial charge in [-0.2, -0.15) is 0 Å². The van der Waals surface area contributed by atoms with Crippen molar-refractivity contribution in [3.05, 3.63) is 11.4 Å². The molecule has 0 saturated heterocycles. The van der Waals surface area contributed by atoms with Crippen LogP contribution in [0.2, 0.25) is 0 Å². The summed E-state index contributed by atoms with van der Waals surface area (Å²) in [4.78, 5) is 0. The monoisotopic (exact) mass is 219 g/mol. The van der Waals surface area contributed by atoms with E-state index in [-0.39, 0.29) is 0 Å². The summed E-state index contributed by atoms with van der Waals surface area (Å²) in [5, 5.41) is 8.68. The Bertz CT molecular complexity index is 394. The first kappa shape index (κ1) is 10.3. The van der Waals surface area contributed by atoms with Crippen LogP contribution in [0.1, 0.15) is 51.0 Å². The van der Waals surface area contributed by atoms with Crippen molar-refractivity contribution in [2.75, 3.05) is 0 Å². The molecule has 2 unspecified atom stereocenters. The smallest absolute Gasteiger partial charge is 0.0859 e. The van der Waals surface area contributed by atoms with E-state index in [0.29, 0.717) is 6.04 Å². The molecular formula is C13H21N3.